The van der Waals surface area contributed by atoms with Crippen molar-refractivity contribution in [3.63, 3.8) is 0 Å². The average molecular weight is 282 g/mol. The van der Waals surface area contributed by atoms with Gasteiger partial charge in [0.25, 0.3) is 5.88 Å². The first-order chi connectivity index (χ1) is 9.02. The molecule has 0 radical (unpaired) electrons. The van der Waals surface area contributed by atoms with Crippen molar-refractivity contribution in [2.45, 2.75) is 20.5 Å². The largest absolute Gasteiger partial charge is 0.436 e. The molecule has 5 heteroatoms. The number of pyridine rings is 1. The number of aromatic nitrogens is 1. The first-order valence-corrected chi connectivity index (χ1v) is 6.09. The van der Waals surface area contributed by atoms with Crippen molar-refractivity contribution in [2.75, 3.05) is 0 Å². The minimum absolute atomic E-state index is 0.146. The molecule has 0 saturated heterocycles. The molecule has 0 aliphatic rings. The lowest BCUT2D eigenvalue weighted by Crippen LogP contribution is -1.97. The van der Waals surface area contributed by atoms with E-state index in [9.17, 15) is 4.39 Å². The molecule has 1 heterocycles. The Kier molecular flexibility index (Phi) is 4.02. The second-order valence-corrected chi connectivity index (χ2v) is 4.60. The van der Waals surface area contributed by atoms with Gasteiger partial charge in [0, 0.05) is 16.8 Å². The van der Waals surface area contributed by atoms with Crippen molar-refractivity contribution in [1.29, 1.82) is 0 Å². The van der Waals surface area contributed by atoms with Gasteiger partial charge in [-0.25, -0.2) is 9.37 Å². The van der Waals surface area contributed by atoms with Crippen molar-refractivity contribution in [2.24, 2.45) is 0 Å². The van der Waals surface area contributed by atoms with Gasteiger partial charge >= 0.3 is 0 Å². The molecule has 0 fully saturated rings. The van der Waals surface area contributed by atoms with Gasteiger partial charge < -0.3 is 9.84 Å². The van der Waals surface area contributed by atoms with Crippen LogP contribution in [0.3, 0.4) is 0 Å². The van der Waals surface area contributed by atoms with Crippen LogP contribution in [0, 0.1) is 19.7 Å². The summed E-state index contributed by atoms with van der Waals surface area (Å²) in [7, 11) is 0. The molecule has 0 aliphatic heterocycles. The van der Waals surface area contributed by atoms with Gasteiger partial charge in [-0.3, -0.25) is 0 Å². The summed E-state index contributed by atoms with van der Waals surface area (Å²) in [6.45, 7) is 3.29. The number of aryl methyl sites for hydroxylation is 2. The van der Waals surface area contributed by atoms with Crippen LogP contribution in [-0.2, 0) is 6.61 Å². The second kappa shape index (κ2) is 5.55. The minimum Gasteiger partial charge on any atom is -0.436 e. The van der Waals surface area contributed by atoms with Crippen LogP contribution in [0.15, 0.2) is 24.4 Å². The highest BCUT2D eigenvalue weighted by atomic mass is 35.5. The maximum atomic E-state index is 13.9. The fraction of sp³-hybridized carbons (Fsp3) is 0.214. The van der Waals surface area contributed by atoms with E-state index in [0.717, 1.165) is 11.1 Å². The zero-order valence-corrected chi connectivity index (χ0v) is 11.3. The molecule has 0 amide bonds. The summed E-state index contributed by atoms with van der Waals surface area (Å²) in [5.41, 5.74) is 1.83. The molecule has 3 nitrogen and oxygen atoms in total. The third kappa shape index (κ3) is 2.85. The number of nitrogens with zero attached hydrogens (tertiary/aromatic N) is 1. The normalized spacial score (nSPS) is 10.6. The number of aliphatic hydroxyl groups is 1. The summed E-state index contributed by atoms with van der Waals surface area (Å²) in [5, 5.41) is 9.65. The van der Waals surface area contributed by atoms with Gasteiger partial charge in [-0.15, -0.1) is 0 Å². The first-order valence-electron chi connectivity index (χ1n) is 5.71. The third-order valence-electron chi connectivity index (χ3n) is 2.73. The fourth-order valence-corrected chi connectivity index (χ4v) is 1.84. The molecular formula is C14H13ClFNO2. The summed E-state index contributed by atoms with van der Waals surface area (Å²) >= 11 is 6.05. The van der Waals surface area contributed by atoms with Crippen LogP contribution >= 0.6 is 11.6 Å². The molecule has 2 aromatic rings. The third-order valence-corrected chi connectivity index (χ3v) is 3.33. The van der Waals surface area contributed by atoms with Crippen LogP contribution in [-0.4, -0.2) is 10.1 Å². The first kappa shape index (κ1) is 13.8. The van der Waals surface area contributed by atoms with E-state index in [1.807, 2.05) is 13.8 Å². The molecule has 0 atom stereocenters. The Labute approximate surface area is 115 Å². The molecule has 100 valence electrons. The summed E-state index contributed by atoms with van der Waals surface area (Å²) in [5.74, 6) is -0.358. The van der Waals surface area contributed by atoms with Gasteiger partial charge in [-0.2, -0.15) is 0 Å². The van der Waals surface area contributed by atoms with Gasteiger partial charge in [0.1, 0.15) is 5.75 Å². The topological polar surface area (TPSA) is 42.4 Å². The lowest BCUT2D eigenvalue weighted by Gasteiger charge is -2.10. The Bertz CT molecular complexity index is 593. The summed E-state index contributed by atoms with van der Waals surface area (Å²) < 4.78 is 19.3. The summed E-state index contributed by atoms with van der Waals surface area (Å²) in [6, 6.07) is 4.82. The zero-order chi connectivity index (χ0) is 14.0. The van der Waals surface area contributed by atoms with E-state index in [-0.39, 0.29) is 11.4 Å². The molecule has 0 saturated carbocycles. The highest BCUT2D eigenvalue weighted by molar-refractivity contribution is 6.32. The van der Waals surface area contributed by atoms with E-state index in [0.29, 0.717) is 10.8 Å². The quantitative estimate of drug-likeness (QED) is 0.931. The predicted molar refractivity (Wildman–Crippen MR) is 71.1 cm³/mol. The van der Waals surface area contributed by atoms with E-state index in [1.54, 1.807) is 12.1 Å². The minimum atomic E-state index is -0.657. The van der Waals surface area contributed by atoms with Gasteiger partial charge in [-0.05, 0) is 43.2 Å². The van der Waals surface area contributed by atoms with E-state index in [2.05, 4.69) is 4.98 Å². The van der Waals surface area contributed by atoms with Crippen molar-refractivity contribution in [3.8, 4) is 11.6 Å². The van der Waals surface area contributed by atoms with Crippen molar-refractivity contribution >= 4 is 11.6 Å². The SMILES string of the molecule is Cc1cc(Oc2nccc(CO)c2F)cc(C)c1Cl. The lowest BCUT2D eigenvalue weighted by molar-refractivity contribution is 0.273. The number of hydrogen-bond acceptors (Lipinski definition) is 3. The monoisotopic (exact) mass is 281 g/mol. The van der Waals surface area contributed by atoms with E-state index < -0.39 is 12.4 Å². The maximum absolute atomic E-state index is 13.9. The highest BCUT2D eigenvalue weighted by Gasteiger charge is 2.12. The molecule has 19 heavy (non-hydrogen) atoms. The average Bonchev–Trinajstić information content (AvgIpc) is 2.38. The van der Waals surface area contributed by atoms with Crippen molar-refractivity contribution in [3.05, 3.63) is 51.9 Å². The Morgan fingerprint density at radius 1 is 1.32 bits per heavy atom. The lowest BCUT2D eigenvalue weighted by atomic mass is 10.1. The predicted octanol–water partition coefficient (Wildman–Crippen LogP) is 3.78. The zero-order valence-electron chi connectivity index (χ0n) is 10.6. The van der Waals surface area contributed by atoms with Crippen LogP contribution in [0.25, 0.3) is 0 Å². The smallest absolute Gasteiger partial charge is 0.256 e. The maximum Gasteiger partial charge on any atom is 0.256 e. The molecule has 1 N–H and O–H groups in total. The number of hydrogen-bond donors (Lipinski definition) is 1. The van der Waals surface area contributed by atoms with Crippen LogP contribution in [0.4, 0.5) is 4.39 Å². The van der Waals surface area contributed by atoms with Crippen molar-refractivity contribution in [1.82, 2.24) is 4.98 Å². The van der Waals surface area contributed by atoms with E-state index in [4.69, 9.17) is 21.4 Å². The number of benzene rings is 1. The molecule has 1 aromatic carbocycles. The molecule has 0 aliphatic carbocycles. The summed E-state index contributed by atoms with van der Waals surface area (Å²) in [4.78, 5) is 3.82. The second-order valence-electron chi connectivity index (χ2n) is 4.22. The molecule has 0 unspecified atom stereocenters. The molecular weight excluding hydrogens is 269 g/mol. The van der Waals surface area contributed by atoms with Crippen LogP contribution in [0.1, 0.15) is 16.7 Å². The summed E-state index contributed by atoms with van der Waals surface area (Å²) in [6.07, 6.45) is 1.39. The Morgan fingerprint density at radius 3 is 2.53 bits per heavy atom. The molecule has 1 aromatic heterocycles. The number of ether oxygens (including phenoxy) is 1. The Balaban J connectivity index is 2.36. The van der Waals surface area contributed by atoms with Gasteiger partial charge in [-0.1, -0.05) is 11.6 Å². The van der Waals surface area contributed by atoms with E-state index in [1.165, 1.54) is 12.3 Å². The molecule has 0 spiro atoms. The van der Waals surface area contributed by atoms with Crippen LogP contribution in [0.2, 0.25) is 5.02 Å². The number of rotatable bonds is 3. The van der Waals surface area contributed by atoms with Gasteiger partial charge in [0.15, 0.2) is 5.82 Å². The Hall–Kier alpha value is -1.65. The number of aliphatic hydroxyl groups excluding tert-OH is 1. The van der Waals surface area contributed by atoms with Crippen molar-refractivity contribution < 1.29 is 14.2 Å². The molecule has 2 rings (SSSR count). The van der Waals surface area contributed by atoms with Crippen LogP contribution < -0.4 is 4.74 Å². The standard InChI is InChI=1S/C14H13ClFNO2/c1-8-5-11(6-9(2)12(8)15)19-14-13(16)10(7-18)3-4-17-14/h3-6,18H,7H2,1-2H3. The molecule has 0 bridgehead atoms. The van der Waals surface area contributed by atoms with Gasteiger partial charge in [0.2, 0.25) is 0 Å². The fourth-order valence-electron chi connectivity index (χ4n) is 1.73. The highest BCUT2D eigenvalue weighted by Crippen LogP contribution is 2.30. The Morgan fingerprint density at radius 2 is 1.95 bits per heavy atom. The number of halogens is 2. The van der Waals surface area contributed by atoms with Gasteiger partial charge in [0.05, 0.1) is 6.61 Å². The van der Waals surface area contributed by atoms with Crippen LogP contribution in [0.5, 0.6) is 11.6 Å². The van der Waals surface area contributed by atoms with E-state index >= 15 is 0 Å².